The fraction of sp³-hybridized carbons (Fsp3) is 0.375. The minimum absolute atomic E-state index is 0.482. The molecule has 10 heavy (non-hydrogen) atoms. The van der Waals surface area contributed by atoms with Gasteiger partial charge < -0.3 is 0 Å². The molecule has 0 saturated heterocycles. The average molecular weight is 156 g/mol. The van der Waals surface area contributed by atoms with Crippen LogP contribution in [-0.2, 0) is 0 Å². The van der Waals surface area contributed by atoms with E-state index in [4.69, 9.17) is 11.6 Å². The summed E-state index contributed by atoms with van der Waals surface area (Å²) in [6.45, 7) is 4.22. The molecule has 0 radical (unpaired) electrons. The summed E-state index contributed by atoms with van der Waals surface area (Å²) in [7, 11) is 0. The van der Waals surface area contributed by atoms with Gasteiger partial charge in [0, 0.05) is 12.4 Å². The molecule has 1 aromatic rings. The van der Waals surface area contributed by atoms with Gasteiger partial charge in [-0.2, -0.15) is 0 Å². The van der Waals surface area contributed by atoms with E-state index < -0.39 is 0 Å². The topological polar surface area (TPSA) is 12.9 Å². The molecule has 0 aliphatic rings. The summed E-state index contributed by atoms with van der Waals surface area (Å²) in [6.07, 6.45) is 3.44. The predicted molar refractivity (Wildman–Crippen MR) is 43.3 cm³/mol. The summed E-state index contributed by atoms with van der Waals surface area (Å²) in [6, 6.07) is 1.95. The van der Waals surface area contributed by atoms with Crippen LogP contribution < -0.4 is 0 Å². The minimum Gasteiger partial charge on any atom is -0.263 e. The largest absolute Gasteiger partial charge is 0.263 e. The minimum atomic E-state index is 0.482. The number of hydrogen-bond donors (Lipinski definition) is 0. The third-order valence-electron chi connectivity index (χ3n) is 1.43. The lowest BCUT2D eigenvalue weighted by atomic mass is 10.1. The summed E-state index contributed by atoms with van der Waals surface area (Å²) < 4.78 is 0. The van der Waals surface area contributed by atoms with Crippen molar-refractivity contribution in [3.63, 3.8) is 0 Å². The molecule has 0 N–H and O–H groups in total. The van der Waals surface area contributed by atoms with Crippen molar-refractivity contribution < 1.29 is 0 Å². The van der Waals surface area contributed by atoms with E-state index >= 15 is 0 Å². The standard InChI is InChI=1S/C8H10ClN/c1-6(2)7-3-4-10-5-8(7)9/h3-6H,1-2H3. The Hall–Kier alpha value is -0.560. The van der Waals surface area contributed by atoms with Gasteiger partial charge in [0.15, 0.2) is 0 Å². The molecule has 0 aliphatic carbocycles. The first-order chi connectivity index (χ1) is 4.72. The first-order valence-corrected chi connectivity index (χ1v) is 3.69. The highest BCUT2D eigenvalue weighted by molar-refractivity contribution is 6.31. The second kappa shape index (κ2) is 3.02. The Morgan fingerprint density at radius 3 is 2.60 bits per heavy atom. The Morgan fingerprint density at radius 1 is 1.50 bits per heavy atom. The summed E-state index contributed by atoms with van der Waals surface area (Å²) >= 11 is 5.86. The van der Waals surface area contributed by atoms with Gasteiger partial charge in [-0.15, -0.1) is 0 Å². The van der Waals surface area contributed by atoms with Crippen LogP contribution in [0, 0.1) is 0 Å². The highest BCUT2D eigenvalue weighted by Crippen LogP contribution is 2.21. The van der Waals surface area contributed by atoms with Crippen LogP contribution >= 0.6 is 11.6 Å². The van der Waals surface area contributed by atoms with E-state index in [0.717, 1.165) is 10.6 Å². The van der Waals surface area contributed by atoms with Crippen LogP contribution in [0.3, 0.4) is 0 Å². The van der Waals surface area contributed by atoms with E-state index in [0.29, 0.717) is 5.92 Å². The van der Waals surface area contributed by atoms with Crippen LogP contribution in [0.5, 0.6) is 0 Å². The maximum absolute atomic E-state index is 5.86. The Morgan fingerprint density at radius 2 is 2.20 bits per heavy atom. The zero-order valence-electron chi connectivity index (χ0n) is 6.13. The van der Waals surface area contributed by atoms with Crippen molar-refractivity contribution in [3.8, 4) is 0 Å². The Labute approximate surface area is 66.0 Å². The molecule has 2 heteroatoms. The van der Waals surface area contributed by atoms with Gasteiger partial charge in [-0.3, -0.25) is 4.98 Å². The van der Waals surface area contributed by atoms with Crippen LogP contribution in [0.2, 0.25) is 5.02 Å². The second-order valence-electron chi connectivity index (χ2n) is 2.55. The first kappa shape index (κ1) is 7.55. The molecule has 54 valence electrons. The molecule has 0 aromatic carbocycles. The highest BCUT2D eigenvalue weighted by atomic mass is 35.5. The van der Waals surface area contributed by atoms with Crippen LogP contribution in [0.25, 0.3) is 0 Å². The maximum atomic E-state index is 5.86. The quantitative estimate of drug-likeness (QED) is 0.608. The number of nitrogens with zero attached hydrogens (tertiary/aromatic N) is 1. The Bertz CT molecular complexity index is 220. The average Bonchev–Trinajstić information content (AvgIpc) is 1.88. The number of aromatic nitrogens is 1. The lowest BCUT2D eigenvalue weighted by molar-refractivity contribution is 0.863. The molecular formula is C8H10ClN. The van der Waals surface area contributed by atoms with E-state index in [1.807, 2.05) is 6.07 Å². The molecule has 0 unspecified atom stereocenters. The molecule has 1 aromatic heterocycles. The molecule has 0 spiro atoms. The SMILES string of the molecule is CC(C)c1ccncc1Cl. The molecule has 0 fully saturated rings. The molecule has 1 nitrogen and oxygen atoms in total. The molecule has 0 saturated carbocycles. The van der Waals surface area contributed by atoms with Gasteiger partial charge in [0.1, 0.15) is 0 Å². The Kier molecular flexibility index (Phi) is 2.28. The number of hydrogen-bond acceptors (Lipinski definition) is 1. The monoisotopic (exact) mass is 155 g/mol. The molecule has 0 bridgehead atoms. The highest BCUT2D eigenvalue weighted by Gasteiger charge is 2.02. The van der Waals surface area contributed by atoms with Crippen molar-refractivity contribution in [2.45, 2.75) is 19.8 Å². The molecule has 0 atom stereocenters. The van der Waals surface area contributed by atoms with Crippen molar-refractivity contribution in [2.75, 3.05) is 0 Å². The van der Waals surface area contributed by atoms with E-state index in [-0.39, 0.29) is 0 Å². The second-order valence-corrected chi connectivity index (χ2v) is 2.96. The molecule has 0 amide bonds. The third-order valence-corrected chi connectivity index (χ3v) is 1.74. The van der Waals surface area contributed by atoms with Crippen molar-refractivity contribution >= 4 is 11.6 Å². The van der Waals surface area contributed by atoms with Crippen LogP contribution in [0.15, 0.2) is 18.5 Å². The zero-order chi connectivity index (χ0) is 7.56. The summed E-state index contributed by atoms with van der Waals surface area (Å²) in [4.78, 5) is 3.90. The van der Waals surface area contributed by atoms with Gasteiger partial charge >= 0.3 is 0 Å². The van der Waals surface area contributed by atoms with Gasteiger partial charge in [-0.1, -0.05) is 25.4 Å². The van der Waals surface area contributed by atoms with Crippen molar-refractivity contribution in [2.24, 2.45) is 0 Å². The van der Waals surface area contributed by atoms with Crippen molar-refractivity contribution in [1.82, 2.24) is 4.98 Å². The molecule has 1 rings (SSSR count). The van der Waals surface area contributed by atoms with Crippen molar-refractivity contribution in [1.29, 1.82) is 0 Å². The van der Waals surface area contributed by atoms with Crippen LogP contribution in [-0.4, -0.2) is 4.98 Å². The third kappa shape index (κ3) is 1.48. The summed E-state index contributed by atoms with van der Waals surface area (Å²) in [5.41, 5.74) is 1.16. The number of pyridine rings is 1. The number of halogens is 1. The molecule has 1 heterocycles. The van der Waals surface area contributed by atoms with Gasteiger partial charge in [0.05, 0.1) is 5.02 Å². The summed E-state index contributed by atoms with van der Waals surface area (Å²) in [5.74, 6) is 0.482. The van der Waals surface area contributed by atoms with Gasteiger partial charge in [0.25, 0.3) is 0 Å². The smallest absolute Gasteiger partial charge is 0.0623 e. The van der Waals surface area contributed by atoms with Gasteiger partial charge in [-0.05, 0) is 17.5 Å². The fourth-order valence-corrected chi connectivity index (χ4v) is 1.19. The zero-order valence-corrected chi connectivity index (χ0v) is 6.89. The van der Waals surface area contributed by atoms with E-state index in [1.165, 1.54) is 0 Å². The Balaban J connectivity index is 3.03. The normalized spacial score (nSPS) is 10.4. The molecular weight excluding hydrogens is 146 g/mol. The lowest BCUT2D eigenvalue weighted by Crippen LogP contribution is -1.88. The van der Waals surface area contributed by atoms with E-state index in [1.54, 1.807) is 12.4 Å². The van der Waals surface area contributed by atoms with Crippen molar-refractivity contribution in [3.05, 3.63) is 29.0 Å². The first-order valence-electron chi connectivity index (χ1n) is 3.31. The van der Waals surface area contributed by atoms with E-state index in [9.17, 15) is 0 Å². The fourth-order valence-electron chi connectivity index (χ4n) is 0.854. The summed E-state index contributed by atoms with van der Waals surface area (Å²) in [5, 5.41) is 0.762. The van der Waals surface area contributed by atoms with E-state index in [2.05, 4.69) is 18.8 Å². The lowest BCUT2D eigenvalue weighted by Gasteiger charge is -2.05. The number of rotatable bonds is 1. The maximum Gasteiger partial charge on any atom is 0.0623 e. The van der Waals surface area contributed by atoms with Gasteiger partial charge in [0.2, 0.25) is 0 Å². The van der Waals surface area contributed by atoms with Gasteiger partial charge in [-0.25, -0.2) is 0 Å². The van der Waals surface area contributed by atoms with Crippen LogP contribution in [0.4, 0.5) is 0 Å². The molecule has 0 aliphatic heterocycles. The van der Waals surface area contributed by atoms with Crippen LogP contribution in [0.1, 0.15) is 25.3 Å². The predicted octanol–water partition coefficient (Wildman–Crippen LogP) is 2.86.